The Morgan fingerprint density at radius 1 is 1.36 bits per heavy atom. The van der Waals surface area contributed by atoms with Crippen molar-refractivity contribution < 1.29 is 13.2 Å². The standard InChI is InChI=1S/C14H20Cl2N2O3S/c1-4-5-8-17-14(19)10(2)18(22(3,20)21)13-9-11(15)6-7-12(13)16/h6-7,9-10H,4-5,8H2,1-3H3,(H,17,19)/t10-/m0/s1. The van der Waals surface area contributed by atoms with Crippen LogP contribution in [-0.4, -0.2) is 33.2 Å². The zero-order valence-corrected chi connectivity index (χ0v) is 15.1. The highest BCUT2D eigenvalue weighted by Crippen LogP contribution is 2.32. The van der Waals surface area contributed by atoms with Crippen molar-refractivity contribution in [1.82, 2.24) is 5.32 Å². The topological polar surface area (TPSA) is 66.5 Å². The van der Waals surface area contributed by atoms with Gasteiger partial charge in [-0.1, -0.05) is 36.5 Å². The van der Waals surface area contributed by atoms with E-state index in [9.17, 15) is 13.2 Å². The van der Waals surface area contributed by atoms with Crippen LogP contribution in [0.15, 0.2) is 18.2 Å². The fraction of sp³-hybridized carbons (Fsp3) is 0.500. The maximum atomic E-state index is 12.2. The minimum Gasteiger partial charge on any atom is -0.354 e. The number of sulfonamides is 1. The second kappa shape index (κ2) is 8.04. The molecule has 8 heteroatoms. The number of hydrogen-bond acceptors (Lipinski definition) is 3. The molecule has 0 saturated heterocycles. The van der Waals surface area contributed by atoms with Gasteiger partial charge in [-0.05, 0) is 31.5 Å². The lowest BCUT2D eigenvalue weighted by Crippen LogP contribution is -2.48. The summed E-state index contributed by atoms with van der Waals surface area (Å²) in [5, 5.41) is 3.27. The number of unbranched alkanes of at least 4 members (excludes halogenated alkanes) is 1. The Labute approximate surface area is 141 Å². The Balaban J connectivity index is 3.14. The molecule has 0 aromatic heterocycles. The van der Waals surface area contributed by atoms with Crippen LogP contribution in [0.25, 0.3) is 0 Å². The second-order valence-corrected chi connectivity index (χ2v) is 7.68. The Hall–Kier alpha value is -0.980. The van der Waals surface area contributed by atoms with Crippen molar-refractivity contribution in [2.24, 2.45) is 0 Å². The van der Waals surface area contributed by atoms with Gasteiger partial charge in [0.25, 0.3) is 0 Å². The number of benzene rings is 1. The summed E-state index contributed by atoms with van der Waals surface area (Å²) < 4.78 is 25.2. The molecule has 0 aliphatic rings. The van der Waals surface area contributed by atoms with Crippen LogP contribution in [0.3, 0.4) is 0 Å². The average Bonchev–Trinajstić information content (AvgIpc) is 2.41. The van der Waals surface area contributed by atoms with Gasteiger partial charge in [0, 0.05) is 11.6 Å². The highest BCUT2D eigenvalue weighted by atomic mass is 35.5. The van der Waals surface area contributed by atoms with E-state index in [1.165, 1.54) is 19.1 Å². The van der Waals surface area contributed by atoms with E-state index in [0.717, 1.165) is 23.4 Å². The number of halogens is 2. The molecule has 1 rings (SSSR count). The van der Waals surface area contributed by atoms with E-state index in [2.05, 4.69) is 5.32 Å². The van der Waals surface area contributed by atoms with Gasteiger partial charge in [0.05, 0.1) is 17.0 Å². The molecule has 0 heterocycles. The quantitative estimate of drug-likeness (QED) is 0.754. The summed E-state index contributed by atoms with van der Waals surface area (Å²) in [7, 11) is -3.70. The molecule has 0 aliphatic heterocycles. The number of rotatable bonds is 7. The first kappa shape index (κ1) is 19.1. The molecule has 1 aromatic carbocycles. The van der Waals surface area contributed by atoms with E-state index in [0.29, 0.717) is 11.6 Å². The zero-order chi connectivity index (χ0) is 16.9. The predicted octanol–water partition coefficient (Wildman–Crippen LogP) is 3.06. The smallest absolute Gasteiger partial charge is 0.243 e. The van der Waals surface area contributed by atoms with Crippen LogP contribution < -0.4 is 9.62 Å². The third-order valence-electron chi connectivity index (χ3n) is 3.06. The molecular formula is C14H20Cl2N2O3S. The monoisotopic (exact) mass is 366 g/mol. The maximum Gasteiger partial charge on any atom is 0.243 e. The van der Waals surface area contributed by atoms with Gasteiger partial charge in [-0.25, -0.2) is 8.42 Å². The summed E-state index contributed by atoms with van der Waals surface area (Å²) in [5.74, 6) is -0.380. The fourth-order valence-electron chi connectivity index (χ4n) is 1.97. The van der Waals surface area contributed by atoms with Crippen molar-refractivity contribution >= 4 is 44.8 Å². The summed E-state index contributed by atoms with van der Waals surface area (Å²) >= 11 is 12.0. The highest BCUT2D eigenvalue weighted by Gasteiger charge is 2.30. The van der Waals surface area contributed by atoms with Crippen LogP contribution in [0.2, 0.25) is 10.0 Å². The summed E-state index contributed by atoms with van der Waals surface area (Å²) in [4.78, 5) is 12.2. The first-order valence-electron chi connectivity index (χ1n) is 6.90. The van der Waals surface area contributed by atoms with Crippen LogP contribution >= 0.6 is 23.2 Å². The molecule has 1 atom stereocenters. The first-order chi connectivity index (χ1) is 10.2. The Kier molecular flexibility index (Phi) is 6.97. The largest absolute Gasteiger partial charge is 0.354 e. The molecule has 1 N–H and O–H groups in total. The Morgan fingerprint density at radius 3 is 2.55 bits per heavy atom. The van der Waals surface area contributed by atoms with E-state index >= 15 is 0 Å². The third kappa shape index (κ3) is 5.04. The third-order valence-corrected chi connectivity index (χ3v) is 4.85. The van der Waals surface area contributed by atoms with Gasteiger partial charge in [0.2, 0.25) is 15.9 Å². The van der Waals surface area contributed by atoms with Gasteiger partial charge in [-0.15, -0.1) is 0 Å². The van der Waals surface area contributed by atoms with Gasteiger partial charge < -0.3 is 5.32 Å². The molecule has 0 bridgehead atoms. The molecular weight excluding hydrogens is 347 g/mol. The van der Waals surface area contributed by atoms with E-state index in [4.69, 9.17) is 23.2 Å². The number of carbonyl (C=O) groups excluding carboxylic acids is 1. The van der Waals surface area contributed by atoms with Gasteiger partial charge in [0.15, 0.2) is 0 Å². The fourth-order valence-corrected chi connectivity index (χ4v) is 3.58. The number of anilines is 1. The van der Waals surface area contributed by atoms with Gasteiger partial charge in [-0.3, -0.25) is 9.10 Å². The summed E-state index contributed by atoms with van der Waals surface area (Å²) in [6, 6.07) is 3.56. The van der Waals surface area contributed by atoms with E-state index < -0.39 is 16.1 Å². The minimum absolute atomic E-state index is 0.190. The molecule has 0 saturated carbocycles. The Bertz CT molecular complexity index is 635. The summed E-state index contributed by atoms with van der Waals surface area (Å²) in [6.07, 6.45) is 2.79. The molecule has 124 valence electrons. The Morgan fingerprint density at radius 2 is 2.00 bits per heavy atom. The highest BCUT2D eigenvalue weighted by molar-refractivity contribution is 7.92. The summed E-state index contributed by atoms with van der Waals surface area (Å²) in [5.41, 5.74) is 0.190. The number of hydrogen-bond donors (Lipinski definition) is 1. The van der Waals surface area contributed by atoms with Crippen LogP contribution in [0.1, 0.15) is 26.7 Å². The molecule has 0 fully saturated rings. The maximum absolute atomic E-state index is 12.2. The predicted molar refractivity (Wildman–Crippen MR) is 91.2 cm³/mol. The molecule has 22 heavy (non-hydrogen) atoms. The van der Waals surface area contributed by atoms with Crippen molar-refractivity contribution in [2.45, 2.75) is 32.7 Å². The van der Waals surface area contributed by atoms with Crippen molar-refractivity contribution in [2.75, 3.05) is 17.1 Å². The first-order valence-corrected chi connectivity index (χ1v) is 9.51. The number of carbonyl (C=O) groups is 1. The number of amides is 1. The molecule has 0 aliphatic carbocycles. The second-order valence-electron chi connectivity index (χ2n) is 4.98. The van der Waals surface area contributed by atoms with Crippen molar-refractivity contribution in [3.63, 3.8) is 0 Å². The summed E-state index contributed by atoms with van der Waals surface area (Å²) in [6.45, 7) is 4.02. The van der Waals surface area contributed by atoms with Crippen LogP contribution in [0.4, 0.5) is 5.69 Å². The van der Waals surface area contributed by atoms with Gasteiger partial charge in [0.1, 0.15) is 6.04 Å². The van der Waals surface area contributed by atoms with Gasteiger partial charge >= 0.3 is 0 Å². The normalized spacial score (nSPS) is 12.8. The van der Waals surface area contributed by atoms with Crippen molar-refractivity contribution in [1.29, 1.82) is 0 Å². The molecule has 1 aromatic rings. The average molecular weight is 367 g/mol. The zero-order valence-electron chi connectivity index (χ0n) is 12.8. The van der Waals surface area contributed by atoms with Crippen molar-refractivity contribution in [3.8, 4) is 0 Å². The molecule has 1 amide bonds. The van der Waals surface area contributed by atoms with Crippen LogP contribution in [0.5, 0.6) is 0 Å². The lowest BCUT2D eigenvalue weighted by Gasteiger charge is -2.29. The lowest BCUT2D eigenvalue weighted by atomic mass is 10.2. The number of nitrogens with one attached hydrogen (secondary N) is 1. The molecule has 0 unspecified atom stereocenters. The molecule has 5 nitrogen and oxygen atoms in total. The van der Waals surface area contributed by atoms with E-state index in [1.54, 1.807) is 6.07 Å². The van der Waals surface area contributed by atoms with Crippen LogP contribution in [-0.2, 0) is 14.8 Å². The van der Waals surface area contributed by atoms with E-state index in [-0.39, 0.29) is 16.6 Å². The number of nitrogens with zero attached hydrogens (tertiary/aromatic N) is 1. The van der Waals surface area contributed by atoms with Crippen LogP contribution in [0, 0.1) is 0 Å². The van der Waals surface area contributed by atoms with Gasteiger partial charge in [-0.2, -0.15) is 0 Å². The van der Waals surface area contributed by atoms with Crippen molar-refractivity contribution in [3.05, 3.63) is 28.2 Å². The lowest BCUT2D eigenvalue weighted by molar-refractivity contribution is -0.121. The molecule has 0 radical (unpaired) electrons. The minimum atomic E-state index is -3.70. The van der Waals surface area contributed by atoms with E-state index in [1.807, 2.05) is 6.92 Å². The molecule has 0 spiro atoms. The SMILES string of the molecule is CCCCNC(=O)[C@H](C)N(c1cc(Cl)ccc1Cl)S(C)(=O)=O.